The summed E-state index contributed by atoms with van der Waals surface area (Å²) in [5.41, 5.74) is 5.94. The van der Waals surface area contributed by atoms with Crippen molar-refractivity contribution in [3.8, 4) is 0 Å². The number of rotatable bonds is 6. The maximum absolute atomic E-state index is 12.1. The highest BCUT2D eigenvalue weighted by atomic mass is 16.5. The molecule has 0 bridgehead atoms. The Balaban J connectivity index is 1.63. The fourth-order valence-corrected chi connectivity index (χ4v) is 2.42. The summed E-state index contributed by atoms with van der Waals surface area (Å²) in [4.78, 5) is 13.9. The molecule has 4 nitrogen and oxygen atoms in total. The third-order valence-corrected chi connectivity index (χ3v) is 3.88. The molecule has 2 atom stereocenters. The second kappa shape index (κ2) is 5.83. The van der Waals surface area contributed by atoms with Gasteiger partial charge in [0, 0.05) is 26.2 Å². The lowest BCUT2D eigenvalue weighted by atomic mass is 10.0. The van der Waals surface area contributed by atoms with Crippen molar-refractivity contribution in [1.82, 2.24) is 4.90 Å². The number of ether oxygens (including phenoxy) is 1. The van der Waals surface area contributed by atoms with Crippen molar-refractivity contribution in [1.29, 1.82) is 0 Å². The summed E-state index contributed by atoms with van der Waals surface area (Å²) in [6.45, 7) is 2.21. The first-order chi connectivity index (χ1) is 8.18. The van der Waals surface area contributed by atoms with E-state index in [2.05, 4.69) is 0 Å². The minimum Gasteiger partial charge on any atom is -0.379 e. The molecule has 0 aliphatic heterocycles. The average molecular weight is 240 g/mol. The number of nitrogens with zero attached hydrogens (tertiary/aromatic N) is 1. The van der Waals surface area contributed by atoms with E-state index in [0.717, 1.165) is 31.8 Å². The second-order valence-electron chi connectivity index (χ2n) is 5.48. The van der Waals surface area contributed by atoms with E-state index in [1.165, 1.54) is 12.8 Å². The average Bonchev–Trinajstić information content (AvgIpc) is 3.04. The van der Waals surface area contributed by atoms with Crippen LogP contribution in [0, 0.1) is 11.8 Å². The van der Waals surface area contributed by atoms with E-state index < -0.39 is 0 Å². The molecule has 17 heavy (non-hydrogen) atoms. The predicted octanol–water partition coefficient (Wildman–Crippen LogP) is 0.999. The molecule has 2 unspecified atom stereocenters. The fraction of sp³-hybridized carbons (Fsp3) is 0.923. The van der Waals surface area contributed by atoms with Crippen molar-refractivity contribution in [2.75, 3.05) is 26.8 Å². The summed E-state index contributed by atoms with van der Waals surface area (Å²) < 4.78 is 5.54. The second-order valence-corrected chi connectivity index (χ2v) is 5.48. The Hall–Kier alpha value is -0.610. The molecule has 0 aromatic rings. The molecule has 0 aromatic carbocycles. The van der Waals surface area contributed by atoms with E-state index in [1.807, 2.05) is 7.05 Å². The highest BCUT2D eigenvalue weighted by Crippen LogP contribution is 2.28. The molecule has 0 saturated heterocycles. The molecular formula is C13H24N2O2. The zero-order valence-electron chi connectivity index (χ0n) is 10.7. The summed E-state index contributed by atoms with van der Waals surface area (Å²) in [5.74, 6) is 1.03. The summed E-state index contributed by atoms with van der Waals surface area (Å²) in [5, 5.41) is 0. The standard InChI is InChI=1S/C13H24N2O2/c1-15(7-8-17-9-10-5-6-10)13(16)11-3-2-4-12(11)14/h10-12H,2-9,14H2,1H3. The Morgan fingerprint density at radius 3 is 2.71 bits per heavy atom. The molecule has 98 valence electrons. The topological polar surface area (TPSA) is 55.6 Å². The molecule has 0 spiro atoms. The van der Waals surface area contributed by atoms with Crippen LogP contribution in [0.2, 0.25) is 0 Å². The van der Waals surface area contributed by atoms with Gasteiger partial charge in [0.15, 0.2) is 0 Å². The quantitative estimate of drug-likeness (QED) is 0.705. The van der Waals surface area contributed by atoms with Gasteiger partial charge in [-0.05, 0) is 31.6 Å². The number of nitrogens with two attached hydrogens (primary N) is 1. The smallest absolute Gasteiger partial charge is 0.227 e. The van der Waals surface area contributed by atoms with E-state index in [0.29, 0.717) is 13.2 Å². The van der Waals surface area contributed by atoms with Crippen LogP contribution in [0.25, 0.3) is 0 Å². The van der Waals surface area contributed by atoms with Crippen molar-refractivity contribution in [2.24, 2.45) is 17.6 Å². The lowest BCUT2D eigenvalue weighted by molar-refractivity contribution is -0.135. The Morgan fingerprint density at radius 1 is 1.35 bits per heavy atom. The number of hydrogen-bond acceptors (Lipinski definition) is 3. The van der Waals surface area contributed by atoms with Gasteiger partial charge in [-0.25, -0.2) is 0 Å². The van der Waals surface area contributed by atoms with Crippen molar-refractivity contribution in [3.05, 3.63) is 0 Å². The molecule has 2 aliphatic rings. The Morgan fingerprint density at radius 2 is 2.12 bits per heavy atom. The Labute approximate surface area is 103 Å². The van der Waals surface area contributed by atoms with E-state index in [9.17, 15) is 4.79 Å². The molecule has 2 rings (SSSR count). The molecule has 2 N–H and O–H groups in total. The van der Waals surface area contributed by atoms with Crippen LogP contribution in [0.15, 0.2) is 0 Å². The normalized spacial score (nSPS) is 28.4. The Kier molecular flexibility index (Phi) is 4.40. The molecule has 2 saturated carbocycles. The third-order valence-electron chi connectivity index (χ3n) is 3.88. The van der Waals surface area contributed by atoms with Gasteiger partial charge in [-0.3, -0.25) is 4.79 Å². The van der Waals surface area contributed by atoms with E-state index in [1.54, 1.807) is 4.90 Å². The number of carbonyl (C=O) groups is 1. The maximum Gasteiger partial charge on any atom is 0.227 e. The van der Waals surface area contributed by atoms with Gasteiger partial charge in [0.25, 0.3) is 0 Å². The van der Waals surface area contributed by atoms with Gasteiger partial charge in [-0.15, -0.1) is 0 Å². The number of likely N-dealkylation sites (N-methyl/N-ethyl adjacent to an activating group) is 1. The number of hydrogen-bond donors (Lipinski definition) is 1. The summed E-state index contributed by atoms with van der Waals surface area (Å²) in [6, 6.07) is 0.0670. The minimum absolute atomic E-state index is 0.0448. The van der Waals surface area contributed by atoms with Crippen LogP contribution in [0.4, 0.5) is 0 Å². The van der Waals surface area contributed by atoms with E-state index in [-0.39, 0.29) is 17.9 Å². The molecule has 0 heterocycles. The van der Waals surface area contributed by atoms with Gasteiger partial charge < -0.3 is 15.4 Å². The minimum atomic E-state index is 0.0448. The van der Waals surface area contributed by atoms with Crippen LogP contribution >= 0.6 is 0 Å². The van der Waals surface area contributed by atoms with Crippen LogP contribution in [0.3, 0.4) is 0 Å². The van der Waals surface area contributed by atoms with Gasteiger partial charge in [0.05, 0.1) is 12.5 Å². The first kappa shape index (κ1) is 12.8. The van der Waals surface area contributed by atoms with Gasteiger partial charge >= 0.3 is 0 Å². The summed E-state index contributed by atoms with van der Waals surface area (Å²) in [6.07, 6.45) is 5.65. The first-order valence-electron chi connectivity index (χ1n) is 6.77. The van der Waals surface area contributed by atoms with Gasteiger partial charge in [-0.1, -0.05) is 6.42 Å². The molecule has 1 amide bonds. The zero-order valence-corrected chi connectivity index (χ0v) is 10.7. The van der Waals surface area contributed by atoms with E-state index in [4.69, 9.17) is 10.5 Å². The number of carbonyl (C=O) groups excluding carboxylic acids is 1. The maximum atomic E-state index is 12.1. The zero-order chi connectivity index (χ0) is 12.3. The van der Waals surface area contributed by atoms with Crippen molar-refractivity contribution in [2.45, 2.75) is 38.1 Å². The van der Waals surface area contributed by atoms with Crippen molar-refractivity contribution >= 4 is 5.91 Å². The van der Waals surface area contributed by atoms with Crippen molar-refractivity contribution in [3.63, 3.8) is 0 Å². The molecule has 0 aromatic heterocycles. The van der Waals surface area contributed by atoms with Crippen LogP contribution in [0.1, 0.15) is 32.1 Å². The van der Waals surface area contributed by atoms with Crippen LogP contribution in [0.5, 0.6) is 0 Å². The highest BCUT2D eigenvalue weighted by Gasteiger charge is 2.32. The largest absolute Gasteiger partial charge is 0.379 e. The molecule has 2 aliphatic carbocycles. The van der Waals surface area contributed by atoms with Gasteiger partial charge in [0.1, 0.15) is 0 Å². The lowest BCUT2D eigenvalue weighted by Crippen LogP contribution is -2.41. The van der Waals surface area contributed by atoms with Crippen LogP contribution < -0.4 is 5.73 Å². The summed E-state index contributed by atoms with van der Waals surface area (Å²) in [7, 11) is 1.86. The Bertz CT molecular complexity index is 266. The van der Waals surface area contributed by atoms with Crippen molar-refractivity contribution < 1.29 is 9.53 Å². The number of amides is 1. The van der Waals surface area contributed by atoms with Gasteiger partial charge in [0.2, 0.25) is 5.91 Å². The fourth-order valence-electron chi connectivity index (χ4n) is 2.42. The highest BCUT2D eigenvalue weighted by molar-refractivity contribution is 5.79. The molecular weight excluding hydrogens is 216 g/mol. The monoisotopic (exact) mass is 240 g/mol. The van der Waals surface area contributed by atoms with Crippen LogP contribution in [-0.2, 0) is 9.53 Å². The molecule has 0 radical (unpaired) electrons. The lowest BCUT2D eigenvalue weighted by Gasteiger charge is -2.23. The summed E-state index contributed by atoms with van der Waals surface area (Å²) >= 11 is 0. The molecule has 4 heteroatoms. The molecule has 2 fully saturated rings. The third kappa shape index (κ3) is 3.68. The predicted molar refractivity (Wildman–Crippen MR) is 66.5 cm³/mol. The van der Waals surface area contributed by atoms with Crippen LogP contribution in [-0.4, -0.2) is 43.7 Å². The first-order valence-corrected chi connectivity index (χ1v) is 6.77. The SMILES string of the molecule is CN(CCOCC1CC1)C(=O)C1CCCC1N. The van der Waals surface area contributed by atoms with E-state index >= 15 is 0 Å². The van der Waals surface area contributed by atoms with Gasteiger partial charge in [-0.2, -0.15) is 0 Å².